The number of anilines is 1. The van der Waals surface area contributed by atoms with Crippen LogP contribution in [0.5, 0.6) is 0 Å². The van der Waals surface area contributed by atoms with E-state index >= 15 is 0 Å². The summed E-state index contributed by atoms with van der Waals surface area (Å²) in [5, 5.41) is 7.95. The highest BCUT2D eigenvalue weighted by molar-refractivity contribution is 5.32. The summed E-state index contributed by atoms with van der Waals surface area (Å²) in [4.78, 5) is 0. The highest BCUT2D eigenvalue weighted by atomic mass is 16.5. The maximum atomic E-state index is 5.73. The van der Waals surface area contributed by atoms with Crippen LogP contribution in [0, 0.1) is 0 Å². The molecule has 1 aromatic heterocycles. The van der Waals surface area contributed by atoms with E-state index in [9.17, 15) is 0 Å². The highest BCUT2D eigenvalue weighted by Crippen LogP contribution is 2.17. The molecular weight excluding hydrogens is 204 g/mol. The van der Waals surface area contributed by atoms with E-state index in [0.717, 1.165) is 38.1 Å². The van der Waals surface area contributed by atoms with E-state index in [2.05, 4.69) is 17.2 Å². The first kappa shape index (κ1) is 11.4. The average molecular weight is 224 g/mol. The van der Waals surface area contributed by atoms with Crippen molar-refractivity contribution in [3.05, 3.63) is 5.69 Å². The zero-order chi connectivity index (χ0) is 11.4. The van der Waals surface area contributed by atoms with Crippen LogP contribution in [0.2, 0.25) is 0 Å². The Morgan fingerprint density at radius 1 is 1.56 bits per heavy atom. The third kappa shape index (κ3) is 2.52. The molecule has 2 N–H and O–H groups in total. The first-order valence-electron chi connectivity index (χ1n) is 6.10. The SMILES string of the molecule is CCc1c(N)nnn1CCCC1CCCO1. The lowest BCUT2D eigenvalue weighted by Gasteiger charge is -2.09. The molecule has 5 nitrogen and oxygen atoms in total. The van der Waals surface area contributed by atoms with Gasteiger partial charge in [-0.15, -0.1) is 5.10 Å². The minimum absolute atomic E-state index is 0.464. The first-order chi connectivity index (χ1) is 7.81. The fraction of sp³-hybridized carbons (Fsp3) is 0.818. The van der Waals surface area contributed by atoms with Crippen molar-refractivity contribution < 1.29 is 4.74 Å². The lowest BCUT2D eigenvalue weighted by atomic mass is 10.1. The molecule has 1 unspecified atom stereocenters. The van der Waals surface area contributed by atoms with Crippen molar-refractivity contribution in [3.63, 3.8) is 0 Å². The second kappa shape index (κ2) is 5.30. The van der Waals surface area contributed by atoms with Crippen LogP contribution in [0.25, 0.3) is 0 Å². The van der Waals surface area contributed by atoms with Crippen molar-refractivity contribution >= 4 is 5.82 Å². The van der Waals surface area contributed by atoms with Gasteiger partial charge in [-0.25, -0.2) is 4.68 Å². The fourth-order valence-corrected chi connectivity index (χ4v) is 2.23. The van der Waals surface area contributed by atoms with Crippen molar-refractivity contribution in [2.75, 3.05) is 12.3 Å². The van der Waals surface area contributed by atoms with Gasteiger partial charge in [0.1, 0.15) is 0 Å². The number of nitrogens with two attached hydrogens (primary N) is 1. The Morgan fingerprint density at radius 3 is 3.12 bits per heavy atom. The highest BCUT2D eigenvalue weighted by Gasteiger charge is 2.15. The quantitative estimate of drug-likeness (QED) is 0.820. The number of hydrogen-bond acceptors (Lipinski definition) is 4. The van der Waals surface area contributed by atoms with Gasteiger partial charge in [0.05, 0.1) is 11.8 Å². The number of aryl methyl sites for hydroxylation is 1. The molecule has 1 aliphatic rings. The van der Waals surface area contributed by atoms with Crippen LogP contribution in [-0.2, 0) is 17.7 Å². The lowest BCUT2D eigenvalue weighted by Crippen LogP contribution is -2.10. The van der Waals surface area contributed by atoms with Crippen LogP contribution in [-0.4, -0.2) is 27.7 Å². The molecule has 0 radical (unpaired) electrons. The number of ether oxygens (including phenoxy) is 1. The third-order valence-corrected chi connectivity index (χ3v) is 3.12. The summed E-state index contributed by atoms with van der Waals surface area (Å²) >= 11 is 0. The standard InChI is InChI=1S/C11H20N4O/c1-2-10-11(12)13-14-15(10)7-3-5-9-6-4-8-16-9/h9H,2-8,12H2,1H3. The zero-order valence-corrected chi connectivity index (χ0v) is 9.85. The molecule has 90 valence electrons. The molecule has 0 aromatic carbocycles. The molecule has 2 rings (SSSR count). The number of nitrogen functional groups attached to an aromatic ring is 1. The molecule has 1 fully saturated rings. The van der Waals surface area contributed by atoms with Gasteiger partial charge < -0.3 is 10.5 Å². The molecule has 1 aromatic rings. The summed E-state index contributed by atoms with van der Waals surface area (Å²) in [7, 11) is 0. The van der Waals surface area contributed by atoms with Gasteiger partial charge in [0.25, 0.3) is 0 Å². The molecule has 16 heavy (non-hydrogen) atoms. The van der Waals surface area contributed by atoms with Gasteiger partial charge in [0.2, 0.25) is 0 Å². The molecule has 0 spiro atoms. The van der Waals surface area contributed by atoms with Crippen molar-refractivity contribution in [2.24, 2.45) is 0 Å². The molecule has 1 aliphatic heterocycles. The molecular formula is C11H20N4O. The molecule has 0 saturated carbocycles. The monoisotopic (exact) mass is 224 g/mol. The summed E-state index contributed by atoms with van der Waals surface area (Å²) in [5.74, 6) is 0.569. The molecule has 0 aliphatic carbocycles. The van der Waals surface area contributed by atoms with E-state index < -0.39 is 0 Å². The topological polar surface area (TPSA) is 66.0 Å². The van der Waals surface area contributed by atoms with Crippen LogP contribution in [0.15, 0.2) is 0 Å². The maximum Gasteiger partial charge on any atom is 0.169 e. The lowest BCUT2D eigenvalue weighted by molar-refractivity contribution is 0.101. The molecule has 1 atom stereocenters. The second-order valence-electron chi connectivity index (χ2n) is 4.28. The van der Waals surface area contributed by atoms with Gasteiger partial charge in [-0.3, -0.25) is 0 Å². The summed E-state index contributed by atoms with van der Waals surface area (Å²) < 4.78 is 7.50. The molecule has 1 saturated heterocycles. The Bertz CT molecular complexity index is 331. The fourth-order valence-electron chi connectivity index (χ4n) is 2.23. The number of nitrogens with zero attached hydrogens (tertiary/aromatic N) is 3. The minimum atomic E-state index is 0.464. The Hall–Kier alpha value is -1.10. The van der Waals surface area contributed by atoms with Crippen LogP contribution >= 0.6 is 0 Å². The molecule has 0 amide bonds. The van der Waals surface area contributed by atoms with E-state index in [1.165, 1.54) is 12.8 Å². The molecule has 2 heterocycles. The van der Waals surface area contributed by atoms with Gasteiger partial charge in [-0.05, 0) is 32.1 Å². The minimum Gasteiger partial charge on any atom is -0.381 e. The Balaban J connectivity index is 1.79. The van der Waals surface area contributed by atoms with E-state index in [1.807, 2.05) is 4.68 Å². The van der Waals surface area contributed by atoms with Crippen LogP contribution < -0.4 is 5.73 Å². The average Bonchev–Trinajstić information content (AvgIpc) is 2.89. The van der Waals surface area contributed by atoms with Crippen molar-refractivity contribution in [2.45, 2.75) is 51.7 Å². The van der Waals surface area contributed by atoms with E-state index in [-0.39, 0.29) is 0 Å². The number of rotatable bonds is 5. The van der Waals surface area contributed by atoms with Crippen LogP contribution in [0.1, 0.15) is 38.3 Å². The maximum absolute atomic E-state index is 5.73. The van der Waals surface area contributed by atoms with Crippen molar-refractivity contribution in [1.82, 2.24) is 15.0 Å². The second-order valence-corrected chi connectivity index (χ2v) is 4.28. The van der Waals surface area contributed by atoms with E-state index in [1.54, 1.807) is 0 Å². The first-order valence-corrected chi connectivity index (χ1v) is 6.10. The normalized spacial score (nSPS) is 20.4. The Morgan fingerprint density at radius 2 is 2.44 bits per heavy atom. The summed E-state index contributed by atoms with van der Waals surface area (Å²) in [6.07, 6.45) is 5.97. The van der Waals surface area contributed by atoms with Gasteiger partial charge in [-0.1, -0.05) is 12.1 Å². The van der Waals surface area contributed by atoms with E-state index in [4.69, 9.17) is 10.5 Å². The zero-order valence-electron chi connectivity index (χ0n) is 9.85. The summed E-state index contributed by atoms with van der Waals surface area (Å²) in [6.45, 7) is 3.90. The van der Waals surface area contributed by atoms with Gasteiger partial charge >= 0.3 is 0 Å². The Kier molecular flexibility index (Phi) is 3.77. The Labute approximate surface area is 96.0 Å². The van der Waals surface area contributed by atoms with Crippen LogP contribution in [0.3, 0.4) is 0 Å². The van der Waals surface area contributed by atoms with Gasteiger partial charge in [0.15, 0.2) is 5.82 Å². The largest absolute Gasteiger partial charge is 0.381 e. The number of hydrogen-bond donors (Lipinski definition) is 1. The number of aromatic nitrogens is 3. The van der Waals surface area contributed by atoms with Gasteiger partial charge in [0, 0.05) is 13.2 Å². The third-order valence-electron chi connectivity index (χ3n) is 3.12. The van der Waals surface area contributed by atoms with Crippen molar-refractivity contribution in [3.8, 4) is 0 Å². The summed E-state index contributed by atoms with van der Waals surface area (Å²) in [5.41, 5.74) is 6.78. The predicted octanol–water partition coefficient (Wildman–Crippen LogP) is 1.38. The van der Waals surface area contributed by atoms with E-state index in [0.29, 0.717) is 11.9 Å². The predicted molar refractivity (Wildman–Crippen MR) is 62.0 cm³/mol. The summed E-state index contributed by atoms with van der Waals surface area (Å²) in [6, 6.07) is 0. The molecule has 0 bridgehead atoms. The smallest absolute Gasteiger partial charge is 0.169 e. The van der Waals surface area contributed by atoms with Gasteiger partial charge in [-0.2, -0.15) is 0 Å². The van der Waals surface area contributed by atoms with Crippen LogP contribution in [0.4, 0.5) is 5.82 Å². The van der Waals surface area contributed by atoms with Crippen molar-refractivity contribution in [1.29, 1.82) is 0 Å². The molecule has 5 heteroatoms.